The average Bonchev–Trinajstić information content (AvgIpc) is 3.17. The van der Waals surface area contributed by atoms with E-state index in [1.54, 1.807) is 23.6 Å². The molecule has 2 aromatic rings. The fraction of sp³-hybridized carbons (Fsp3) is 0.500. The van der Waals surface area contributed by atoms with Crippen LogP contribution in [0, 0.1) is 0 Å². The maximum absolute atomic E-state index is 12.3. The van der Waals surface area contributed by atoms with E-state index in [9.17, 15) is 9.90 Å². The maximum Gasteiger partial charge on any atom is 0.257 e. The molecule has 1 aliphatic heterocycles. The van der Waals surface area contributed by atoms with Crippen LogP contribution in [0.2, 0.25) is 0 Å². The molecule has 0 aromatic carbocycles. The van der Waals surface area contributed by atoms with E-state index in [0.717, 1.165) is 19.6 Å². The Hall–Kier alpha value is -2.19. The molecule has 1 fully saturated rings. The lowest BCUT2D eigenvalue weighted by molar-refractivity contribution is 0.0663. The summed E-state index contributed by atoms with van der Waals surface area (Å²) in [5, 5.41) is 17.7. The molecule has 0 saturated carbocycles. The van der Waals surface area contributed by atoms with Gasteiger partial charge in [0.05, 0.1) is 17.9 Å². The molecule has 0 bridgehead atoms. The lowest BCUT2D eigenvalue weighted by Gasteiger charge is -2.21. The van der Waals surface area contributed by atoms with Crippen molar-refractivity contribution < 1.29 is 14.3 Å². The predicted molar refractivity (Wildman–Crippen MR) is 77.1 cm³/mol. The lowest BCUT2D eigenvalue weighted by atomic mass is 10.2. The Morgan fingerprint density at radius 2 is 2.09 bits per heavy atom. The van der Waals surface area contributed by atoms with Gasteiger partial charge in [-0.3, -0.25) is 9.69 Å². The molecule has 118 valence electrons. The normalized spacial score (nSPS) is 20.0. The molecule has 1 saturated heterocycles. The van der Waals surface area contributed by atoms with Gasteiger partial charge in [-0.15, -0.1) is 10.2 Å². The van der Waals surface area contributed by atoms with E-state index >= 15 is 0 Å². The van der Waals surface area contributed by atoms with Crippen LogP contribution in [0.1, 0.15) is 10.4 Å². The van der Waals surface area contributed by atoms with E-state index in [-0.39, 0.29) is 5.91 Å². The molecule has 8 heteroatoms. The second kappa shape index (κ2) is 6.71. The zero-order valence-electron chi connectivity index (χ0n) is 12.2. The van der Waals surface area contributed by atoms with E-state index in [1.165, 1.54) is 12.5 Å². The number of carbonyl (C=O) groups is 1. The van der Waals surface area contributed by atoms with Crippen molar-refractivity contribution in [1.29, 1.82) is 0 Å². The molecule has 2 aromatic heterocycles. The van der Waals surface area contributed by atoms with E-state index in [0.29, 0.717) is 25.2 Å². The van der Waals surface area contributed by atoms with Crippen molar-refractivity contribution in [3.63, 3.8) is 0 Å². The number of nitrogens with zero attached hydrogens (tertiary/aromatic N) is 5. The number of carbonyl (C=O) groups excluding carboxylic acids is 1. The van der Waals surface area contributed by atoms with E-state index in [4.69, 9.17) is 4.42 Å². The van der Waals surface area contributed by atoms with Gasteiger partial charge in [-0.2, -0.15) is 0 Å². The van der Waals surface area contributed by atoms with Crippen LogP contribution in [0.4, 0.5) is 0 Å². The summed E-state index contributed by atoms with van der Waals surface area (Å²) in [7, 11) is 0. The average molecular weight is 305 g/mol. The minimum absolute atomic E-state index is 0.103. The van der Waals surface area contributed by atoms with Gasteiger partial charge in [0.15, 0.2) is 0 Å². The van der Waals surface area contributed by atoms with Crippen molar-refractivity contribution in [2.24, 2.45) is 0 Å². The Morgan fingerprint density at radius 3 is 2.82 bits per heavy atom. The Kier molecular flexibility index (Phi) is 4.50. The third-order valence-electron chi connectivity index (χ3n) is 3.78. The summed E-state index contributed by atoms with van der Waals surface area (Å²) in [6.07, 6.45) is 5.70. The summed E-state index contributed by atoms with van der Waals surface area (Å²) in [6.45, 7) is 3.74. The molecule has 1 aliphatic rings. The molecule has 3 heterocycles. The van der Waals surface area contributed by atoms with Gasteiger partial charge in [0.2, 0.25) is 0 Å². The number of β-amino-alcohol motifs (C(OH)–C–C–N with tert-alkyl or cyclic N) is 1. The molecule has 0 aliphatic carbocycles. The zero-order valence-corrected chi connectivity index (χ0v) is 12.2. The van der Waals surface area contributed by atoms with Crippen LogP contribution in [0.3, 0.4) is 0 Å². The lowest BCUT2D eigenvalue weighted by Crippen LogP contribution is -2.37. The molecule has 22 heavy (non-hydrogen) atoms. The first-order valence-electron chi connectivity index (χ1n) is 7.26. The number of aliphatic hydroxyl groups excluding tert-OH is 1. The van der Waals surface area contributed by atoms with Crippen LogP contribution in [-0.4, -0.2) is 74.4 Å². The molecule has 0 spiro atoms. The Balaban J connectivity index is 1.57. The van der Waals surface area contributed by atoms with Gasteiger partial charge in [0, 0.05) is 39.3 Å². The highest BCUT2D eigenvalue weighted by molar-refractivity contribution is 5.93. The minimum Gasteiger partial charge on any atom is -0.472 e. The van der Waals surface area contributed by atoms with Crippen molar-refractivity contribution in [2.45, 2.75) is 12.6 Å². The summed E-state index contributed by atoms with van der Waals surface area (Å²) in [4.78, 5) is 16.1. The summed E-state index contributed by atoms with van der Waals surface area (Å²) < 4.78 is 6.85. The topological polar surface area (TPSA) is 87.6 Å². The molecule has 8 nitrogen and oxygen atoms in total. The van der Waals surface area contributed by atoms with Crippen LogP contribution in [0.15, 0.2) is 35.7 Å². The highest BCUT2D eigenvalue weighted by Gasteiger charge is 2.25. The van der Waals surface area contributed by atoms with Crippen molar-refractivity contribution >= 4 is 5.91 Å². The Morgan fingerprint density at radius 1 is 1.27 bits per heavy atom. The molecule has 1 atom stereocenters. The van der Waals surface area contributed by atoms with Gasteiger partial charge in [-0.25, -0.2) is 0 Å². The molecule has 1 amide bonds. The van der Waals surface area contributed by atoms with Crippen LogP contribution in [-0.2, 0) is 6.54 Å². The standard InChI is InChI=1S/C14H19N5O3/c20-13-7-17(2-3-18-10-15-16-11-18)4-5-19(8-13)14(21)12-1-6-22-9-12/h1,6,9-11,13,20H,2-5,7-8H2/t13-/m1/s1. The third kappa shape index (κ3) is 3.52. The van der Waals surface area contributed by atoms with Gasteiger partial charge >= 0.3 is 0 Å². The van der Waals surface area contributed by atoms with Gasteiger partial charge in [-0.05, 0) is 6.07 Å². The summed E-state index contributed by atoms with van der Waals surface area (Å²) in [6, 6.07) is 1.64. The minimum atomic E-state index is -0.556. The summed E-state index contributed by atoms with van der Waals surface area (Å²) in [5.41, 5.74) is 0.519. The third-order valence-corrected chi connectivity index (χ3v) is 3.78. The second-order valence-corrected chi connectivity index (χ2v) is 5.42. The number of hydrogen-bond acceptors (Lipinski definition) is 6. The molecular formula is C14H19N5O3. The smallest absolute Gasteiger partial charge is 0.257 e. The first kappa shape index (κ1) is 14.7. The fourth-order valence-electron chi connectivity index (χ4n) is 2.61. The van der Waals surface area contributed by atoms with Gasteiger partial charge in [0.1, 0.15) is 18.9 Å². The molecule has 0 radical (unpaired) electrons. The number of hydrogen-bond donors (Lipinski definition) is 1. The van der Waals surface area contributed by atoms with Crippen molar-refractivity contribution in [1.82, 2.24) is 24.6 Å². The number of aromatic nitrogens is 3. The largest absolute Gasteiger partial charge is 0.472 e. The van der Waals surface area contributed by atoms with Crippen LogP contribution in [0.25, 0.3) is 0 Å². The van der Waals surface area contributed by atoms with Gasteiger partial charge in [0.25, 0.3) is 5.91 Å². The Bertz CT molecular complexity index is 584. The van der Waals surface area contributed by atoms with Crippen molar-refractivity contribution in [3.8, 4) is 0 Å². The van der Waals surface area contributed by atoms with Crippen molar-refractivity contribution in [2.75, 3.05) is 32.7 Å². The molecule has 0 unspecified atom stereocenters. The monoisotopic (exact) mass is 305 g/mol. The van der Waals surface area contributed by atoms with Crippen LogP contribution >= 0.6 is 0 Å². The van der Waals surface area contributed by atoms with E-state index in [2.05, 4.69) is 15.1 Å². The Labute approximate surface area is 127 Å². The quantitative estimate of drug-likeness (QED) is 0.834. The first-order chi connectivity index (χ1) is 10.7. The zero-order chi connectivity index (χ0) is 15.4. The number of amides is 1. The number of furan rings is 1. The van der Waals surface area contributed by atoms with Crippen molar-refractivity contribution in [3.05, 3.63) is 36.8 Å². The molecular weight excluding hydrogens is 286 g/mol. The highest BCUT2D eigenvalue weighted by Crippen LogP contribution is 2.10. The van der Waals surface area contributed by atoms with E-state index < -0.39 is 6.10 Å². The maximum atomic E-state index is 12.3. The second-order valence-electron chi connectivity index (χ2n) is 5.42. The number of aliphatic hydroxyl groups is 1. The summed E-state index contributed by atoms with van der Waals surface area (Å²) >= 11 is 0. The first-order valence-corrected chi connectivity index (χ1v) is 7.26. The summed E-state index contributed by atoms with van der Waals surface area (Å²) in [5.74, 6) is -0.103. The SMILES string of the molecule is O=C(c1ccoc1)N1CCN(CCn2cnnc2)C[C@@H](O)C1. The molecule has 1 N–H and O–H groups in total. The van der Waals surface area contributed by atoms with Gasteiger partial charge in [-0.1, -0.05) is 0 Å². The predicted octanol–water partition coefficient (Wildman–Crippen LogP) is -0.310. The van der Waals surface area contributed by atoms with Gasteiger partial charge < -0.3 is 19.0 Å². The highest BCUT2D eigenvalue weighted by atomic mass is 16.3. The van der Waals surface area contributed by atoms with Crippen LogP contribution < -0.4 is 0 Å². The van der Waals surface area contributed by atoms with Crippen LogP contribution in [0.5, 0.6) is 0 Å². The number of rotatable bonds is 4. The molecule has 3 rings (SSSR count). The van der Waals surface area contributed by atoms with E-state index in [1.807, 2.05) is 4.57 Å². The fourth-order valence-corrected chi connectivity index (χ4v) is 2.61.